The number of rotatable bonds is 9. The first-order valence-corrected chi connectivity index (χ1v) is 10.0. The molecule has 3 rings (SSSR count). The van der Waals surface area contributed by atoms with Crippen LogP contribution >= 0.6 is 11.8 Å². The highest BCUT2D eigenvalue weighted by Crippen LogP contribution is 2.26. The van der Waals surface area contributed by atoms with E-state index in [9.17, 15) is 14.4 Å². The molecule has 29 heavy (non-hydrogen) atoms. The number of benzene rings is 2. The maximum atomic E-state index is 12.1. The average molecular weight is 411 g/mol. The Morgan fingerprint density at radius 1 is 1.07 bits per heavy atom. The van der Waals surface area contributed by atoms with E-state index in [0.717, 1.165) is 16.5 Å². The number of amides is 2. The van der Waals surface area contributed by atoms with E-state index in [-0.39, 0.29) is 18.8 Å². The van der Waals surface area contributed by atoms with Gasteiger partial charge in [0.05, 0.1) is 11.4 Å². The second-order valence-corrected chi connectivity index (χ2v) is 7.34. The minimum absolute atomic E-state index is 0.107. The van der Waals surface area contributed by atoms with Crippen LogP contribution in [-0.2, 0) is 25.5 Å². The van der Waals surface area contributed by atoms with Gasteiger partial charge in [-0.25, -0.2) is 0 Å². The predicted octanol–water partition coefficient (Wildman–Crippen LogP) is 2.86. The number of H-pyrrole nitrogens is 1. The molecule has 2 aromatic carbocycles. The lowest BCUT2D eigenvalue weighted by molar-refractivity contribution is -0.147. The highest BCUT2D eigenvalue weighted by atomic mass is 32.2. The molecule has 1 aromatic heterocycles. The zero-order valence-corrected chi connectivity index (χ0v) is 16.5. The van der Waals surface area contributed by atoms with Crippen LogP contribution < -0.4 is 11.1 Å². The normalized spacial score (nSPS) is 10.6. The molecule has 0 fully saturated rings. The summed E-state index contributed by atoms with van der Waals surface area (Å²) in [6, 6.07) is 14.9. The number of aromatic amines is 1. The number of nitrogens with two attached hydrogens (primary N) is 1. The molecule has 8 heteroatoms. The highest BCUT2D eigenvalue weighted by molar-refractivity contribution is 8.00. The van der Waals surface area contributed by atoms with Crippen molar-refractivity contribution >= 4 is 46.1 Å². The van der Waals surface area contributed by atoms with Gasteiger partial charge in [0.1, 0.15) is 0 Å². The van der Waals surface area contributed by atoms with Crippen LogP contribution in [0.4, 0.5) is 5.69 Å². The van der Waals surface area contributed by atoms with Crippen LogP contribution in [0.25, 0.3) is 10.9 Å². The Morgan fingerprint density at radius 2 is 1.83 bits per heavy atom. The topological polar surface area (TPSA) is 114 Å². The number of carbonyl (C=O) groups is 3. The van der Waals surface area contributed by atoms with Gasteiger partial charge in [-0.1, -0.05) is 30.3 Å². The van der Waals surface area contributed by atoms with Crippen molar-refractivity contribution in [3.63, 3.8) is 0 Å². The smallest absolute Gasteiger partial charge is 0.306 e. The van der Waals surface area contributed by atoms with Crippen LogP contribution in [0.1, 0.15) is 12.0 Å². The molecule has 0 saturated heterocycles. The number of carbonyl (C=O) groups excluding carboxylic acids is 3. The summed E-state index contributed by atoms with van der Waals surface area (Å²) in [6.07, 6.45) is 2.59. The molecule has 0 aliphatic heterocycles. The zero-order chi connectivity index (χ0) is 20.6. The molecule has 150 valence electrons. The summed E-state index contributed by atoms with van der Waals surface area (Å²) in [5.41, 5.74) is 7.75. The molecule has 3 aromatic rings. The van der Waals surface area contributed by atoms with Crippen molar-refractivity contribution in [3.05, 3.63) is 60.3 Å². The maximum Gasteiger partial charge on any atom is 0.306 e. The summed E-state index contributed by atoms with van der Waals surface area (Å²) in [6.45, 7) is -0.373. The quantitative estimate of drug-likeness (QED) is 0.370. The number of thioether (sulfide) groups is 1. The lowest BCUT2D eigenvalue weighted by Crippen LogP contribution is -2.21. The number of fused-ring (bicyclic) bond motifs is 1. The van der Waals surface area contributed by atoms with Crippen LogP contribution in [-0.4, -0.2) is 35.1 Å². The molecule has 7 nitrogen and oxygen atoms in total. The first-order chi connectivity index (χ1) is 14.0. The molecule has 0 unspecified atom stereocenters. The number of primary amides is 1. The lowest BCUT2D eigenvalue weighted by atomic mass is 10.1. The fourth-order valence-corrected chi connectivity index (χ4v) is 3.57. The van der Waals surface area contributed by atoms with Gasteiger partial charge in [0, 0.05) is 28.4 Å². The summed E-state index contributed by atoms with van der Waals surface area (Å²) >= 11 is 1.23. The molecule has 0 radical (unpaired) electrons. The Bertz CT molecular complexity index is 1030. The molecular formula is C21H21N3O4S. The number of anilines is 1. The van der Waals surface area contributed by atoms with Gasteiger partial charge in [-0.3, -0.25) is 14.4 Å². The number of hydrogen-bond donors (Lipinski definition) is 3. The van der Waals surface area contributed by atoms with Gasteiger partial charge in [0.25, 0.3) is 5.91 Å². The van der Waals surface area contributed by atoms with Gasteiger partial charge in [-0.05, 0) is 30.2 Å². The van der Waals surface area contributed by atoms with Gasteiger partial charge in [0.2, 0.25) is 5.91 Å². The molecule has 0 bridgehead atoms. The Hall–Kier alpha value is -3.26. The number of esters is 1. The summed E-state index contributed by atoms with van der Waals surface area (Å²) in [7, 11) is 0. The third-order valence-electron chi connectivity index (χ3n) is 4.17. The second kappa shape index (κ2) is 9.79. The van der Waals surface area contributed by atoms with Crippen molar-refractivity contribution in [2.24, 2.45) is 5.73 Å². The van der Waals surface area contributed by atoms with E-state index < -0.39 is 17.8 Å². The molecule has 0 aliphatic rings. The Morgan fingerprint density at radius 3 is 2.66 bits per heavy atom. The molecule has 0 spiro atoms. The summed E-state index contributed by atoms with van der Waals surface area (Å²) in [5.74, 6) is -1.23. The van der Waals surface area contributed by atoms with E-state index in [4.69, 9.17) is 10.5 Å². The van der Waals surface area contributed by atoms with Crippen LogP contribution in [0.15, 0.2) is 59.6 Å². The third-order valence-corrected chi connectivity index (χ3v) is 5.26. The number of hydrogen-bond acceptors (Lipinski definition) is 5. The van der Waals surface area contributed by atoms with Crippen molar-refractivity contribution in [2.45, 2.75) is 17.7 Å². The molecule has 4 N–H and O–H groups in total. The Kier molecular flexibility index (Phi) is 6.91. The molecule has 0 aliphatic carbocycles. The van der Waals surface area contributed by atoms with Crippen LogP contribution in [0.5, 0.6) is 0 Å². The first kappa shape index (κ1) is 20.5. The predicted molar refractivity (Wildman–Crippen MR) is 113 cm³/mol. The van der Waals surface area contributed by atoms with E-state index in [2.05, 4.69) is 10.3 Å². The molecule has 0 saturated carbocycles. The van der Waals surface area contributed by atoms with Gasteiger partial charge in [-0.2, -0.15) is 0 Å². The van der Waals surface area contributed by atoms with Gasteiger partial charge < -0.3 is 20.8 Å². The Balaban J connectivity index is 1.47. The molecule has 0 atom stereocenters. The van der Waals surface area contributed by atoms with E-state index in [1.54, 1.807) is 24.3 Å². The highest BCUT2D eigenvalue weighted by Gasteiger charge is 2.12. The van der Waals surface area contributed by atoms with Gasteiger partial charge in [-0.15, -0.1) is 11.8 Å². The Labute approximate surface area is 172 Å². The number of ether oxygens (including phenoxy) is 1. The van der Waals surface area contributed by atoms with E-state index in [0.29, 0.717) is 17.0 Å². The zero-order valence-electron chi connectivity index (χ0n) is 15.6. The SMILES string of the molecule is NC(=O)CSc1ccccc1NC(=O)COC(=O)CCc1c[nH]c2ccccc12. The number of nitrogens with one attached hydrogen (secondary N) is 2. The van der Waals surface area contributed by atoms with E-state index in [1.165, 1.54) is 11.8 Å². The minimum atomic E-state index is -0.447. The fourth-order valence-electron chi connectivity index (χ4n) is 2.82. The van der Waals surface area contributed by atoms with Crippen molar-refractivity contribution < 1.29 is 19.1 Å². The lowest BCUT2D eigenvalue weighted by Gasteiger charge is -2.10. The largest absolute Gasteiger partial charge is 0.456 e. The monoisotopic (exact) mass is 411 g/mol. The van der Waals surface area contributed by atoms with E-state index >= 15 is 0 Å². The van der Waals surface area contributed by atoms with Crippen LogP contribution in [0.3, 0.4) is 0 Å². The molecule has 1 heterocycles. The van der Waals surface area contributed by atoms with Crippen molar-refractivity contribution in [2.75, 3.05) is 17.7 Å². The van der Waals surface area contributed by atoms with Gasteiger partial charge >= 0.3 is 5.97 Å². The summed E-state index contributed by atoms with van der Waals surface area (Å²) < 4.78 is 5.08. The van der Waals surface area contributed by atoms with E-state index in [1.807, 2.05) is 30.5 Å². The van der Waals surface area contributed by atoms with Crippen molar-refractivity contribution in [3.8, 4) is 0 Å². The molecular weight excluding hydrogens is 390 g/mol. The maximum absolute atomic E-state index is 12.1. The number of para-hydroxylation sites is 2. The molecule has 2 amide bonds. The first-order valence-electron chi connectivity index (χ1n) is 9.03. The number of aryl methyl sites for hydroxylation is 1. The van der Waals surface area contributed by atoms with Gasteiger partial charge in [0.15, 0.2) is 6.61 Å². The van der Waals surface area contributed by atoms with Crippen LogP contribution in [0, 0.1) is 0 Å². The summed E-state index contributed by atoms with van der Waals surface area (Å²) in [4.78, 5) is 39.0. The standard InChI is InChI=1S/C21H21N3O4S/c22-19(25)13-29-18-8-4-3-7-17(18)24-20(26)12-28-21(27)10-9-14-11-23-16-6-2-1-5-15(14)16/h1-8,11,23H,9-10,12-13H2,(H2,22,25)(H,24,26). The minimum Gasteiger partial charge on any atom is -0.456 e. The fraction of sp³-hybridized carbons (Fsp3) is 0.190. The second-order valence-electron chi connectivity index (χ2n) is 6.32. The number of aromatic nitrogens is 1. The van der Waals surface area contributed by atoms with Crippen molar-refractivity contribution in [1.82, 2.24) is 4.98 Å². The third kappa shape index (κ3) is 5.86. The summed E-state index contributed by atoms with van der Waals surface area (Å²) in [5, 5.41) is 3.76. The van der Waals surface area contributed by atoms with Crippen molar-refractivity contribution in [1.29, 1.82) is 0 Å². The van der Waals surface area contributed by atoms with Crippen LogP contribution in [0.2, 0.25) is 0 Å². The average Bonchev–Trinajstić information content (AvgIpc) is 3.13.